The summed E-state index contributed by atoms with van der Waals surface area (Å²) in [5.41, 5.74) is 1.48. The number of nitrogens with zero attached hydrogens (tertiary/aromatic N) is 1. The van der Waals surface area contributed by atoms with E-state index in [0.717, 1.165) is 4.31 Å². The number of amides is 1. The van der Waals surface area contributed by atoms with Crippen LogP contribution in [0.25, 0.3) is 0 Å². The van der Waals surface area contributed by atoms with E-state index in [1.54, 1.807) is 18.2 Å². The number of hydrogen-bond donors (Lipinski definition) is 1. The van der Waals surface area contributed by atoms with Crippen LogP contribution < -0.4 is 10.1 Å². The predicted molar refractivity (Wildman–Crippen MR) is 120 cm³/mol. The first kappa shape index (κ1) is 22.0. The van der Waals surface area contributed by atoms with Crippen molar-refractivity contribution >= 4 is 45.1 Å². The number of para-hydroxylation sites is 1. The first-order chi connectivity index (χ1) is 13.9. The maximum atomic E-state index is 12.4. The summed E-state index contributed by atoms with van der Waals surface area (Å²) in [5.74, 6) is 2.54. The zero-order valence-corrected chi connectivity index (χ0v) is 18.8. The molecule has 0 spiro atoms. The second-order valence-corrected chi connectivity index (χ2v) is 11.5. The summed E-state index contributed by atoms with van der Waals surface area (Å²) in [4.78, 5) is 12.3. The van der Waals surface area contributed by atoms with Gasteiger partial charge in [-0.1, -0.05) is 24.3 Å². The molecule has 3 rings (SSSR count). The number of thioether (sulfide) groups is 2. The summed E-state index contributed by atoms with van der Waals surface area (Å²) in [6.07, 6.45) is 1.25. The number of hydrogen-bond acceptors (Lipinski definition) is 6. The molecule has 2 aromatic rings. The minimum atomic E-state index is -3.66. The van der Waals surface area contributed by atoms with Crippen molar-refractivity contribution in [1.82, 2.24) is 4.31 Å². The minimum absolute atomic E-state index is 0.0465. The van der Waals surface area contributed by atoms with Gasteiger partial charge < -0.3 is 10.1 Å². The molecule has 0 aliphatic carbocycles. The molecule has 9 heteroatoms. The molecule has 1 fully saturated rings. The molecule has 1 saturated heterocycles. The number of benzene rings is 2. The average Bonchev–Trinajstić information content (AvgIpc) is 2.73. The maximum Gasteiger partial charge on any atom is 0.262 e. The zero-order chi connectivity index (χ0) is 20.9. The second-order valence-electron chi connectivity index (χ2n) is 6.62. The van der Waals surface area contributed by atoms with Gasteiger partial charge in [0, 0.05) is 14.1 Å². The molecular weight excluding hydrogens is 428 g/mol. The second kappa shape index (κ2) is 9.88. The fraction of sp³-hybridized carbons (Fsp3) is 0.350. The van der Waals surface area contributed by atoms with Gasteiger partial charge in [0.15, 0.2) is 6.61 Å². The van der Waals surface area contributed by atoms with Crippen molar-refractivity contribution in [3.63, 3.8) is 0 Å². The Morgan fingerprint density at radius 3 is 2.41 bits per heavy atom. The fourth-order valence-electron chi connectivity index (χ4n) is 2.73. The summed E-state index contributed by atoms with van der Waals surface area (Å²) in [7, 11) is -0.763. The Labute approximate surface area is 180 Å². The van der Waals surface area contributed by atoms with Crippen LogP contribution in [-0.2, 0) is 14.8 Å². The Hall–Kier alpha value is -1.68. The van der Waals surface area contributed by atoms with Crippen molar-refractivity contribution in [2.75, 3.05) is 37.5 Å². The molecule has 0 atom stereocenters. The lowest BCUT2D eigenvalue weighted by molar-refractivity contribution is -0.118. The number of ether oxygens (including phenoxy) is 1. The summed E-state index contributed by atoms with van der Waals surface area (Å²) in [6.45, 7) is -0.206. The van der Waals surface area contributed by atoms with Gasteiger partial charge in [0.2, 0.25) is 10.0 Å². The number of nitrogens with one attached hydrogen (secondary N) is 1. The van der Waals surface area contributed by atoms with Crippen molar-refractivity contribution in [1.29, 1.82) is 0 Å². The largest absolute Gasteiger partial charge is 0.484 e. The normalized spacial score (nSPS) is 15.3. The van der Waals surface area contributed by atoms with Gasteiger partial charge in [0.25, 0.3) is 5.91 Å². The molecule has 0 aromatic heterocycles. The summed E-state index contributed by atoms with van der Waals surface area (Å²) < 4.78 is 32.0. The van der Waals surface area contributed by atoms with Crippen molar-refractivity contribution in [3.05, 3.63) is 54.1 Å². The SMILES string of the molecule is CN(C)S(=O)(=O)c1ccccc1NC(=O)COc1ccc(C2SCCCS2)cc1. The fourth-order valence-corrected chi connectivity index (χ4v) is 6.66. The lowest BCUT2D eigenvalue weighted by Crippen LogP contribution is -2.25. The first-order valence-electron chi connectivity index (χ1n) is 9.15. The molecule has 156 valence electrons. The van der Waals surface area contributed by atoms with Gasteiger partial charge in [-0.25, -0.2) is 12.7 Å². The third kappa shape index (κ3) is 5.69. The molecule has 0 unspecified atom stereocenters. The molecule has 0 radical (unpaired) electrons. The third-order valence-corrected chi connectivity index (χ3v) is 9.16. The van der Waals surface area contributed by atoms with Crippen molar-refractivity contribution in [3.8, 4) is 5.75 Å². The van der Waals surface area contributed by atoms with E-state index in [1.165, 1.54) is 43.7 Å². The lowest BCUT2D eigenvalue weighted by atomic mass is 10.2. The molecule has 1 aliphatic heterocycles. The molecule has 0 bridgehead atoms. The van der Waals surface area contributed by atoms with E-state index in [9.17, 15) is 13.2 Å². The van der Waals surface area contributed by atoms with Gasteiger partial charge in [-0.05, 0) is 47.8 Å². The van der Waals surface area contributed by atoms with E-state index in [0.29, 0.717) is 10.3 Å². The highest BCUT2D eigenvalue weighted by molar-refractivity contribution is 8.16. The van der Waals surface area contributed by atoms with Crippen LogP contribution in [0.15, 0.2) is 53.4 Å². The molecule has 1 N–H and O–H groups in total. The lowest BCUT2D eigenvalue weighted by Gasteiger charge is -2.21. The molecule has 1 aliphatic rings. The summed E-state index contributed by atoms with van der Waals surface area (Å²) in [6, 6.07) is 14.1. The predicted octanol–water partition coefficient (Wildman–Crippen LogP) is 3.82. The van der Waals surface area contributed by atoms with Crippen LogP contribution >= 0.6 is 23.5 Å². The molecule has 6 nitrogen and oxygen atoms in total. The van der Waals surface area contributed by atoms with Crippen LogP contribution in [0, 0.1) is 0 Å². The number of carbonyl (C=O) groups is 1. The first-order valence-corrected chi connectivity index (χ1v) is 12.7. The van der Waals surface area contributed by atoms with Crippen LogP contribution in [0.3, 0.4) is 0 Å². The Kier molecular flexibility index (Phi) is 7.50. The Morgan fingerprint density at radius 1 is 1.10 bits per heavy atom. The Morgan fingerprint density at radius 2 is 1.76 bits per heavy atom. The monoisotopic (exact) mass is 452 g/mol. The smallest absolute Gasteiger partial charge is 0.262 e. The molecule has 29 heavy (non-hydrogen) atoms. The molecule has 1 heterocycles. The van der Waals surface area contributed by atoms with E-state index in [2.05, 4.69) is 5.32 Å². The van der Waals surface area contributed by atoms with Gasteiger partial charge in [-0.15, -0.1) is 23.5 Å². The van der Waals surface area contributed by atoms with E-state index in [4.69, 9.17) is 4.74 Å². The number of anilines is 1. The highest BCUT2D eigenvalue weighted by Gasteiger charge is 2.22. The summed E-state index contributed by atoms with van der Waals surface area (Å²) in [5, 5.41) is 2.63. The van der Waals surface area contributed by atoms with Gasteiger partial charge >= 0.3 is 0 Å². The number of sulfonamides is 1. The van der Waals surface area contributed by atoms with Gasteiger partial charge in [0.1, 0.15) is 10.6 Å². The van der Waals surface area contributed by atoms with Crippen LogP contribution in [-0.4, -0.2) is 50.8 Å². The van der Waals surface area contributed by atoms with Crippen LogP contribution in [0.2, 0.25) is 0 Å². The number of rotatable bonds is 7. The highest BCUT2D eigenvalue weighted by Crippen LogP contribution is 2.43. The Balaban J connectivity index is 1.59. The van der Waals surface area contributed by atoms with Crippen molar-refractivity contribution in [2.45, 2.75) is 15.9 Å². The molecular formula is C20H24N2O4S3. The van der Waals surface area contributed by atoms with Crippen LogP contribution in [0.1, 0.15) is 16.6 Å². The van der Waals surface area contributed by atoms with E-state index >= 15 is 0 Å². The zero-order valence-electron chi connectivity index (χ0n) is 16.3. The van der Waals surface area contributed by atoms with Crippen molar-refractivity contribution < 1.29 is 17.9 Å². The highest BCUT2D eigenvalue weighted by atomic mass is 32.2. The Bertz CT molecular complexity index is 940. The summed E-state index contributed by atoms with van der Waals surface area (Å²) >= 11 is 3.90. The van der Waals surface area contributed by atoms with E-state index < -0.39 is 15.9 Å². The van der Waals surface area contributed by atoms with Crippen molar-refractivity contribution in [2.24, 2.45) is 0 Å². The molecule has 2 aromatic carbocycles. The number of carbonyl (C=O) groups excluding carboxylic acids is 1. The van der Waals surface area contributed by atoms with Gasteiger partial charge in [0.05, 0.1) is 10.3 Å². The minimum Gasteiger partial charge on any atom is -0.484 e. The van der Waals surface area contributed by atoms with Crippen LogP contribution in [0.5, 0.6) is 5.75 Å². The maximum absolute atomic E-state index is 12.4. The topological polar surface area (TPSA) is 75.7 Å². The van der Waals surface area contributed by atoms with Crippen LogP contribution in [0.4, 0.5) is 5.69 Å². The standard InChI is InChI=1S/C20H24N2O4S3/c1-22(2)29(24,25)18-7-4-3-6-17(18)21-19(23)14-26-16-10-8-15(9-11-16)20-27-12-5-13-28-20/h3-4,6-11,20H,5,12-14H2,1-2H3,(H,21,23). The molecule has 1 amide bonds. The van der Waals surface area contributed by atoms with Gasteiger partial charge in [-0.2, -0.15) is 0 Å². The average molecular weight is 453 g/mol. The van der Waals surface area contributed by atoms with E-state index in [1.807, 2.05) is 47.8 Å². The van der Waals surface area contributed by atoms with E-state index in [-0.39, 0.29) is 17.2 Å². The quantitative estimate of drug-likeness (QED) is 0.688. The van der Waals surface area contributed by atoms with Gasteiger partial charge in [-0.3, -0.25) is 4.79 Å². The third-order valence-electron chi connectivity index (χ3n) is 4.27. The molecule has 0 saturated carbocycles.